The third-order valence-electron chi connectivity index (χ3n) is 4.21. The topological polar surface area (TPSA) is 74.2 Å². The lowest BCUT2D eigenvalue weighted by Crippen LogP contribution is -2.37. The van der Waals surface area contributed by atoms with E-state index in [0.29, 0.717) is 24.2 Å². The third kappa shape index (κ3) is 2.82. The van der Waals surface area contributed by atoms with E-state index < -0.39 is 0 Å². The molecule has 0 amide bonds. The molecule has 1 aromatic heterocycles. The van der Waals surface area contributed by atoms with Crippen molar-refractivity contribution >= 4 is 0 Å². The third-order valence-corrected chi connectivity index (χ3v) is 4.21. The molecule has 1 atom stereocenters. The molecule has 1 saturated carbocycles. The van der Waals surface area contributed by atoms with Crippen molar-refractivity contribution in [1.82, 2.24) is 10.1 Å². The van der Waals surface area contributed by atoms with Gasteiger partial charge in [-0.2, -0.15) is 4.98 Å². The van der Waals surface area contributed by atoms with Gasteiger partial charge in [0.2, 0.25) is 11.7 Å². The van der Waals surface area contributed by atoms with Crippen LogP contribution in [-0.2, 0) is 10.2 Å². The fourth-order valence-electron chi connectivity index (χ4n) is 2.98. The molecule has 0 radical (unpaired) electrons. The van der Waals surface area contributed by atoms with Crippen LogP contribution in [-0.4, -0.2) is 23.8 Å². The van der Waals surface area contributed by atoms with Crippen molar-refractivity contribution in [2.24, 2.45) is 11.7 Å². The van der Waals surface area contributed by atoms with Gasteiger partial charge >= 0.3 is 0 Å². The second kappa shape index (κ2) is 6.01. The van der Waals surface area contributed by atoms with Crippen LogP contribution < -0.4 is 5.73 Å². The molecule has 0 saturated heterocycles. The number of hydrogen-bond acceptors (Lipinski definition) is 5. The van der Waals surface area contributed by atoms with Gasteiger partial charge in [0.15, 0.2) is 0 Å². The molecule has 19 heavy (non-hydrogen) atoms. The molecule has 5 heteroatoms. The summed E-state index contributed by atoms with van der Waals surface area (Å²) in [5.41, 5.74) is 5.88. The number of nitrogens with two attached hydrogens (primary N) is 1. The first-order valence-electron chi connectivity index (χ1n) is 7.20. The van der Waals surface area contributed by atoms with Gasteiger partial charge in [-0.25, -0.2) is 0 Å². The lowest BCUT2D eigenvalue weighted by molar-refractivity contribution is 0.0555. The number of ether oxygens (including phenoxy) is 1. The smallest absolute Gasteiger partial charge is 0.234 e. The van der Waals surface area contributed by atoms with Crippen LogP contribution >= 0.6 is 0 Å². The highest BCUT2D eigenvalue weighted by atomic mass is 16.5. The molecule has 1 unspecified atom stereocenters. The minimum Gasteiger partial charge on any atom is -0.373 e. The number of methoxy groups -OCH3 is 1. The summed E-state index contributed by atoms with van der Waals surface area (Å²) in [6.45, 7) is 4.75. The number of rotatable bonds is 5. The van der Waals surface area contributed by atoms with Crippen molar-refractivity contribution in [2.75, 3.05) is 13.7 Å². The van der Waals surface area contributed by atoms with Gasteiger partial charge in [0.05, 0.1) is 5.41 Å². The molecule has 108 valence electrons. The van der Waals surface area contributed by atoms with E-state index in [0.717, 1.165) is 12.8 Å². The molecule has 5 nitrogen and oxygen atoms in total. The predicted octanol–water partition coefficient (Wildman–Crippen LogP) is 2.57. The monoisotopic (exact) mass is 267 g/mol. The SMILES string of the molecule is COC(c1noc(C2(CN)CCCCC2)n1)C(C)C. The molecule has 1 aliphatic rings. The summed E-state index contributed by atoms with van der Waals surface area (Å²) >= 11 is 0. The molecule has 2 N–H and O–H groups in total. The molecule has 0 bridgehead atoms. The normalized spacial score (nSPS) is 20.7. The van der Waals surface area contributed by atoms with Gasteiger partial charge in [0, 0.05) is 13.7 Å². The van der Waals surface area contributed by atoms with E-state index in [1.807, 2.05) is 0 Å². The first-order chi connectivity index (χ1) is 9.13. The second-order valence-electron chi connectivity index (χ2n) is 5.90. The van der Waals surface area contributed by atoms with E-state index >= 15 is 0 Å². The molecule has 0 spiro atoms. The first-order valence-corrected chi connectivity index (χ1v) is 7.20. The zero-order valence-electron chi connectivity index (χ0n) is 12.2. The van der Waals surface area contributed by atoms with Crippen LogP contribution in [0.1, 0.15) is 63.8 Å². The van der Waals surface area contributed by atoms with Gasteiger partial charge in [-0.05, 0) is 18.8 Å². The fraction of sp³-hybridized carbons (Fsp3) is 0.857. The van der Waals surface area contributed by atoms with Crippen LogP contribution in [0.2, 0.25) is 0 Å². The number of nitrogens with zero attached hydrogens (tertiary/aromatic N) is 2. The van der Waals surface area contributed by atoms with E-state index in [9.17, 15) is 0 Å². The Morgan fingerprint density at radius 2 is 2.00 bits per heavy atom. The Bertz CT molecular complexity index is 397. The molecular weight excluding hydrogens is 242 g/mol. The van der Waals surface area contributed by atoms with E-state index in [1.54, 1.807) is 7.11 Å². The minimum absolute atomic E-state index is 0.112. The Kier molecular flexibility index (Phi) is 4.58. The maximum Gasteiger partial charge on any atom is 0.234 e. The second-order valence-corrected chi connectivity index (χ2v) is 5.90. The Morgan fingerprint density at radius 1 is 1.32 bits per heavy atom. The summed E-state index contributed by atoms with van der Waals surface area (Å²) in [7, 11) is 1.68. The van der Waals surface area contributed by atoms with Crippen molar-refractivity contribution in [3.8, 4) is 0 Å². The molecule has 1 heterocycles. The maximum absolute atomic E-state index is 5.99. The van der Waals surface area contributed by atoms with Gasteiger partial charge < -0.3 is 15.0 Å². The Labute approximate surface area is 114 Å². The van der Waals surface area contributed by atoms with E-state index in [4.69, 9.17) is 15.0 Å². The molecule has 0 aliphatic heterocycles. The lowest BCUT2D eigenvalue weighted by atomic mass is 9.74. The number of aromatic nitrogens is 2. The largest absolute Gasteiger partial charge is 0.373 e. The van der Waals surface area contributed by atoms with Crippen LogP contribution in [0.15, 0.2) is 4.52 Å². The highest BCUT2D eigenvalue weighted by molar-refractivity contribution is 5.09. The standard InChI is InChI=1S/C14H25N3O2/c1-10(2)11(18-3)12-16-13(19-17-12)14(9-15)7-5-4-6-8-14/h10-11H,4-9,15H2,1-3H3. The summed E-state index contributed by atoms with van der Waals surface area (Å²) in [5, 5.41) is 4.11. The van der Waals surface area contributed by atoms with E-state index in [1.165, 1.54) is 19.3 Å². The van der Waals surface area contributed by atoms with Gasteiger partial charge in [0.1, 0.15) is 6.10 Å². The van der Waals surface area contributed by atoms with Crippen molar-refractivity contribution in [1.29, 1.82) is 0 Å². The van der Waals surface area contributed by atoms with Gasteiger partial charge in [-0.3, -0.25) is 0 Å². The average Bonchev–Trinajstić information content (AvgIpc) is 2.90. The van der Waals surface area contributed by atoms with Crippen molar-refractivity contribution in [2.45, 2.75) is 57.5 Å². The first kappa shape index (κ1) is 14.5. The summed E-state index contributed by atoms with van der Waals surface area (Å²) in [5.74, 6) is 1.66. The highest BCUT2D eigenvalue weighted by Crippen LogP contribution is 2.38. The van der Waals surface area contributed by atoms with Crippen molar-refractivity contribution in [3.63, 3.8) is 0 Å². The van der Waals surface area contributed by atoms with Crippen molar-refractivity contribution < 1.29 is 9.26 Å². The molecule has 1 aliphatic carbocycles. The van der Waals surface area contributed by atoms with Crippen LogP contribution in [0.5, 0.6) is 0 Å². The van der Waals surface area contributed by atoms with Crippen LogP contribution in [0, 0.1) is 5.92 Å². The molecule has 1 aromatic rings. The average molecular weight is 267 g/mol. The molecule has 1 fully saturated rings. The maximum atomic E-state index is 5.99. The van der Waals surface area contributed by atoms with Crippen LogP contribution in [0.25, 0.3) is 0 Å². The van der Waals surface area contributed by atoms with Gasteiger partial charge in [-0.15, -0.1) is 0 Å². The van der Waals surface area contributed by atoms with E-state index in [2.05, 4.69) is 24.0 Å². The zero-order valence-corrected chi connectivity index (χ0v) is 12.2. The van der Waals surface area contributed by atoms with Gasteiger partial charge in [0.25, 0.3) is 0 Å². The predicted molar refractivity (Wildman–Crippen MR) is 72.7 cm³/mol. The Morgan fingerprint density at radius 3 is 2.53 bits per heavy atom. The summed E-state index contributed by atoms with van der Waals surface area (Å²) in [6, 6.07) is 0. The quantitative estimate of drug-likeness (QED) is 0.887. The summed E-state index contributed by atoms with van der Waals surface area (Å²) < 4.78 is 11.0. The zero-order chi connectivity index (χ0) is 13.9. The molecule has 2 rings (SSSR count). The Hall–Kier alpha value is -0.940. The Balaban J connectivity index is 2.23. The fourth-order valence-corrected chi connectivity index (χ4v) is 2.98. The van der Waals surface area contributed by atoms with E-state index in [-0.39, 0.29) is 11.5 Å². The summed E-state index contributed by atoms with van der Waals surface area (Å²) in [4.78, 5) is 4.59. The van der Waals surface area contributed by atoms with Crippen LogP contribution in [0.4, 0.5) is 0 Å². The highest BCUT2D eigenvalue weighted by Gasteiger charge is 2.38. The molecular formula is C14H25N3O2. The molecule has 0 aromatic carbocycles. The minimum atomic E-state index is -0.115. The number of hydrogen-bond donors (Lipinski definition) is 1. The van der Waals surface area contributed by atoms with Gasteiger partial charge in [-0.1, -0.05) is 38.3 Å². The lowest BCUT2D eigenvalue weighted by Gasteiger charge is -2.32. The van der Waals surface area contributed by atoms with Crippen LogP contribution in [0.3, 0.4) is 0 Å². The summed E-state index contributed by atoms with van der Waals surface area (Å²) in [6.07, 6.45) is 5.63. The van der Waals surface area contributed by atoms with Crippen molar-refractivity contribution in [3.05, 3.63) is 11.7 Å².